The number of rotatable bonds is 8. The molecule has 6 heteroatoms. The fourth-order valence-electron chi connectivity index (χ4n) is 1.56. The van der Waals surface area contributed by atoms with Crippen molar-refractivity contribution in [2.24, 2.45) is 0 Å². The van der Waals surface area contributed by atoms with Gasteiger partial charge in [0, 0.05) is 25.8 Å². The summed E-state index contributed by atoms with van der Waals surface area (Å²) in [4.78, 5) is 11.5. The summed E-state index contributed by atoms with van der Waals surface area (Å²) in [7, 11) is 1.59. The number of hydrogen-bond acceptors (Lipinski definition) is 5. The largest absolute Gasteiger partial charge is 0.397 e. The van der Waals surface area contributed by atoms with Gasteiger partial charge in [-0.15, -0.1) is 0 Å². The maximum atomic E-state index is 11.5. The molecule has 1 amide bonds. The van der Waals surface area contributed by atoms with Gasteiger partial charge in [-0.1, -0.05) is 0 Å². The molecule has 0 saturated carbocycles. The quantitative estimate of drug-likeness (QED) is 0.405. The van der Waals surface area contributed by atoms with Gasteiger partial charge in [0.05, 0.1) is 24.6 Å². The highest BCUT2D eigenvalue weighted by molar-refractivity contribution is 5.96. The molecule has 0 bridgehead atoms. The van der Waals surface area contributed by atoms with E-state index in [9.17, 15) is 4.79 Å². The molecule has 0 heterocycles. The number of nitrogen functional groups attached to an aromatic ring is 1. The van der Waals surface area contributed by atoms with Crippen LogP contribution in [0.2, 0.25) is 0 Å². The van der Waals surface area contributed by atoms with Crippen molar-refractivity contribution < 1.29 is 14.6 Å². The molecule has 0 radical (unpaired) electrons. The average molecular weight is 267 g/mol. The second kappa shape index (κ2) is 8.34. The average Bonchev–Trinajstić information content (AvgIpc) is 2.43. The van der Waals surface area contributed by atoms with Crippen LogP contribution in [0.3, 0.4) is 0 Å². The van der Waals surface area contributed by atoms with E-state index in [4.69, 9.17) is 15.6 Å². The Bertz CT molecular complexity index is 410. The highest BCUT2D eigenvalue weighted by atomic mass is 16.5. The number of ether oxygens (including phenoxy) is 1. The van der Waals surface area contributed by atoms with Crippen molar-refractivity contribution in [1.29, 1.82) is 0 Å². The van der Waals surface area contributed by atoms with Crippen LogP contribution in [0.4, 0.5) is 11.4 Å². The maximum Gasteiger partial charge on any atom is 0.251 e. The Kier molecular flexibility index (Phi) is 6.70. The van der Waals surface area contributed by atoms with Gasteiger partial charge in [-0.05, 0) is 24.6 Å². The molecule has 0 fully saturated rings. The zero-order chi connectivity index (χ0) is 14.1. The molecule has 5 N–H and O–H groups in total. The summed E-state index contributed by atoms with van der Waals surface area (Å²) in [5, 5.41) is 14.3. The van der Waals surface area contributed by atoms with Crippen LogP contribution in [0.5, 0.6) is 0 Å². The van der Waals surface area contributed by atoms with Gasteiger partial charge in [0.2, 0.25) is 0 Å². The van der Waals surface area contributed by atoms with Crippen LogP contribution in [0.15, 0.2) is 18.2 Å². The first-order valence-electron chi connectivity index (χ1n) is 6.23. The molecule has 0 spiro atoms. The lowest BCUT2D eigenvalue weighted by Gasteiger charge is -2.11. The van der Waals surface area contributed by atoms with Crippen LogP contribution in [-0.4, -0.2) is 44.4 Å². The number of nitrogens with two attached hydrogens (primary N) is 1. The first-order valence-corrected chi connectivity index (χ1v) is 6.23. The number of carbonyl (C=O) groups excluding carboxylic acids is 1. The summed E-state index contributed by atoms with van der Waals surface area (Å²) in [5.74, 6) is -0.144. The Morgan fingerprint density at radius 2 is 2.21 bits per heavy atom. The van der Waals surface area contributed by atoms with Crippen LogP contribution >= 0.6 is 0 Å². The van der Waals surface area contributed by atoms with Gasteiger partial charge in [0.1, 0.15) is 0 Å². The lowest BCUT2D eigenvalue weighted by atomic mass is 10.1. The summed E-state index contributed by atoms with van der Waals surface area (Å²) in [6.07, 6.45) is 0.795. The number of amides is 1. The SMILES string of the molecule is CNC(=O)c1ccc(N)c(NCCCOCCO)c1. The molecule has 6 nitrogen and oxygen atoms in total. The first kappa shape index (κ1) is 15.3. The summed E-state index contributed by atoms with van der Waals surface area (Å²) in [6, 6.07) is 5.11. The number of aliphatic hydroxyl groups excluding tert-OH is 1. The maximum absolute atomic E-state index is 11.5. The second-order valence-electron chi connectivity index (χ2n) is 4.00. The third kappa shape index (κ3) is 5.15. The Hall–Kier alpha value is -1.79. The first-order chi connectivity index (χ1) is 9.19. The summed E-state index contributed by atoms with van der Waals surface area (Å²) >= 11 is 0. The molecule has 1 aromatic carbocycles. The van der Waals surface area contributed by atoms with E-state index in [2.05, 4.69) is 10.6 Å². The monoisotopic (exact) mass is 267 g/mol. The highest BCUT2D eigenvalue weighted by Gasteiger charge is 2.06. The van der Waals surface area contributed by atoms with Crippen molar-refractivity contribution in [3.05, 3.63) is 23.8 Å². The third-order valence-corrected chi connectivity index (χ3v) is 2.56. The lowest BCUT2D eigenvalue weighted by molar-refractivity contribution is 0.0922. The molecule has 1 aromatic rings. The predicted octanol–water partition coefficient (Wildman–Crippen LogP) is 0.439. The smallest absolute Gasteiger partial charge is 0.251 e. The molecule has 0 aliphatic rings. The topological polar surface area (TPSA) is 96.6 Å². The van der Waals surface area contributed by atoms with Gasteiger partial charge in [-0.2, -0.15) is 0 Å². The number of carbonyl (C=O) groups is 1. The van der Waals surface area contributed by atoms with E-state index in [1.807, 2.05) is 0 Å². The minimum absolute atomic E-state index is 0.0363. The van der Waals surface area contributed by atoms with E-state index in [0.717, 1.165) is 12.1 Å². The molecular weight excluding hydrogens is 246 g/mol. The van der Waals surface area contributed by atoms with Crippen molar-refractivity contribution >= 4 is 17.3 Å². The number of aliphatic hydroxyl groups is 1. The number of hydrogen-bond donors (Lipinski definition) is 4. The van der Waals surface area contributed by atoms with Crippen LogP contribution in [-0.2, 0) is 4.74 Å². The Morgan fingerprint density at radius 1 is 1.42 bits per heavy atom. The Labute approximate surface area is 112 Å². The van der Waals surface area contributed by atoms with E-state index >= 15 is 0 Å². The van der Waals surface area contributed by atoms with Gasteiger partial charge in [-0.25, -0.2) is 0 Å². The molecule has 0 unspecified atom stereocenters. The molecule has 1 rings (SSSR count). The zero-order valence-corrected chi connectivity index (χ0v) is 11.1. The molecule has 19 heavy (non-hydrogen) atoms. The van der Waals surface area contributed by atoms with Crippen LogP contribution in [0, 0.1) is 0 Å². The van der Waals surface area contributed by atoms with Gasteiger partial charge >= 0.3 is 0 Å². The number of nitrogens with one attached hydrogen (secondary N) is 2. The van der Waals surface area contributed by atoms with E-state index in [1.54, 1.807) is 25.2 Å². The van der Waals surface area contributed by atoms with Crippen molar-refractivity contribution in [3.8, 4) is 0 Å². The molecule has 0 aliphatic heterocycles. The molecule has 0 saturated heterocycles. The molecule has 106 valence electrons. The van der Waals surface area contributed by atoms with Crippen molar-refractivity contribution in [2.75, 3.05) is 44.5 Å². The van der Waals surface area contributed by atoms with E-state index in [-0.39, 0.29) is 12.5 Å². The Balaban J connectivity index is 2.46. The minimum atomic E-state index is -0.144. The molecular formula is C13H21N3O3. The van der Waals surface area contributed by atoms with Gasteiger partial charge in [0.25, 0.3) is 5.91 Å². The summed E-state index contributed by atoms with van der Waals surface area (Å²) in [5.41, 5.74) is 7.74. The van der Waals surface area contributed by atoms with E-state index < -0.39 is 0 Å². The van der Waals surface area contributed by atoms with Gasteiger partial charge < -0.3 is 26.2 Å². The highest BCUT2D eigenvalue weighted by Crippen LogP contribution is 2.19. The number of benzene rings is 1. The van der Waals surface area contributed by atoms with Crippen molar-refractivity contribution in [2.45, 2.75) is 6.42 Å². The van der Waals surface area contributed by atoms with Crippen LogP contribution in [0.1, 0.15) is 16.8 Å². The lowest BCUT2D eigenvalue weighted by Crippen LogP contribution is -2.18. The van der Waals surface area contributed by atoms with Crippen LogP contribution in [0.25, 0.3) is 0 Å². The minimum Gasteiger partial charge on any atom is -0.397 e. The molecule has 0 atom stereocenters. The normalized spacial score (nSPS) is 10.2. The third-order valence-electron chi connectivity index (χ3n) is 2.56. The number of anilines is 2. The van der Waals surface area contributed by atoms with Crippen molar-refractivity contribution in [1.82, 2.24) is 5.32 Å². The Morgan fingerprint density at radius 3 is 2.89 bits per heavy atom. The fraction of sp³-hybridized carbons (Fsp3) is 0.462. The zero-order valence-electron chi connectivity index (χ0n) is 11.1. The van der Waals surface area contributed by atoms with E-state index in [0.29, 0.717) is 31.0 Å². The van der Waals surface area contributed by atoms with Crippen LogP contribution < -0.4 is 16.4 Å². The molecule has 0 aromatic heterocycles. The van der Waals surface area contributed by atoms with Gasteiger partial charge in [0.15, 0.2) is 0 Å². The van der Waals surface area contributed by atoms with E-state index in [1.165, 1.54) is 0 Å². The summed E-state index contributed by atoms with van der Waals surface area (Å²) in [6.45, 7) is 1.65. The van der Waals surface area contributed by atoms with Crippen molar-refractivity contribution in [3.63, 3.8) is 0 Å². The van der Waals surface area contributed by atoms with Gasteiger partial charge in [-0.3, -0.25) is 4.79 Å². The standard InChI is InChI=1S/C13H21N3O3/c1-15-13(18)10-3-4-11(14)12(9-10)16-5-2-7-19-8-6-17/h3-4,9,16-17H,2,5-8,14H2,1H3,(H,15,18). The summed E-state index contributed by atoms with van der Waals surface area (Å²) < 4.78 is 5.14. The second-order valence-corrected chi connectivity index (χ2v) is 4.00. The predicted molar refractivity (Wildman–Crippen MR) is 75.3 cm³/mol. The fourth-order valence-corrected chi connectivity index (χ4v) is 1.56. The molecule has 0 aliphatic carbocycles.